The largest absolute Gasteiger partial charge is 0.380 e. The van der Waals surface area contributed by atoms with Crippen LogP contribution in [0.3, 0.4) is 0 Å². The van der Waals surface area contributed by atoms with Crippen molar-refractivity contribution in [3.63, 3.8) is 0 Å². The fourth-order valence-electron chi connectivity index (χ4n) is 2.37. The summed E-state index contributed by atoms with van der Waals surface area (Å²) in [5.74, 6) is 0. The SMILES string of the molecule is CN(CC(N)Cc1ccccc1)C1CCOC1. The van der Waals surface area contributed by atoms with Crippen LogP contribution in [0.2, 0.25) is 0 Å². The van der Waals surface area contributed by atoms with Crippen molar-refractivity contribution in [1.82, 2.24) is 4.90 Å². The van der Waals surface area contributed by atoms with Gasteiger partial charge in [-0.2, -0.15) is 0 Å². The Balaban J connectivity index is 1.78. The molecule has 1 aliphatic rings. The van der Waals surface area contributed by atoms with Gasteiger partial charge >= 0.3 is 0 Å². The van der Waals surface area contributed by atoms with Crippen molar-refractivity contribution < 1.29 is 4.74 Å². The molecule has 94 valence electrons. The molecule has 0 radical (unpaired) electrons. The third kappa shape index (κ3) is 3.80. The van der Waals surface area contributed by atoms with Gasteiger partial charge in [0.2, 0.25) is 0 Å². The van der Waals surface area contributed by atoms with Gasteiger partial charge in [0.05, 0.1) is 6.61 Å². The molecule has 0 amide bonds. The molecule has 1 aromatic rings. The standard InChI is InChI=1S/C14H22N2O/c1-16(14-7-8-17-11-14)10-13(15)9-12-5-3-2-4-6-12/h2-6,13-14H,7-11,15H2,1H3. The first-order chi connectivity index (χ1) is 8.25. The van der Waals surface area contributed by atoms with Crippen molar-refractivity contribution in [2.24, 2.45) is 5.73 Å². The molecular weight excluding hydrogens is 212 g/mol. The van der Waals surface area contributed by atoms with Crippen LogP contribution in [-0.2, 0) is 11.2 Å². The minimum absolute atomic E-state index is 0.197. The molecule has 0 aromatic heterocycles. The molecule has 1 aromatic carbocycles. The van der Waals surface area contributed by atoms with E-state index in [4.69, 9.17) is 10.5 Å². The molecule has 0 bridgehead atoms. The van der Waals surface area contributed by atoms with Crippen LogP contribution in [0.25, 0.3) is 0 Å². The van der Waals surface area contributed by atoms with Crippen molar-refractivity contribution in [3.8, 4) is 0 Å². The first-order valence-electron chi connectivity index (χ1n) is 6.33. The lowest BCUT2D eigenvalue weighted by Crippen LogP contribution is -2.42. The van der Waals surface area contributed by atoms with Gasteiger partial charge in [-0.1, -0.05) is 30.3 Å². The number of nitrogens with zero attached hydrogens (tertiary/aromatic N) is 1. The molecule has 0 aliphatic carbocycles. The molecular formula is C14H22N2O. The lowest BCUT2D eigenvalue weighted by molar-refractivity contribution is 0.156. The summed E-state index contributed by atoms with van der Waals surface area (Å²) in [6, 6.07) is 11.2. The first-order valence-corrected chi connectivity index (χ1v) is 6.33. The Morgan fingerprint density at radius 2 is 2.18 bits per heavy atom. The first kappa shape index (κ1) is 12.6. The zero-order valence-electron chi connectivity index (χ0n) is 10.5. The van der Waals surface area contributed by atoms with Gasteiger partial charge in [0.15, 0.2) is 0 Å². The van der Waals surface area contributed by atoms with Crippen LogP contribution in [0, 0.1) is 0 Å². The predicted octanol–water partition coefficient (Wildman–Crippen LogP) is 1.28. The van der Waals surface area contributed by atoms with Crippen LogP contribution in [0.1, 0.15) is 12.0 Å². The van der Waals surface area contributed by atoms with E-state index in [-0.39, 0.29) is 6.04 Å². The molecule has 2 rings (SSSR count). The minimum atomic E-state index is 0.197. The second-order valence-corrected chi connectivity index (χ2v) is 4.91. The topological polar surface area (TPSA) is 38.5 Å². The lowest BCUT2D eigenvalue weighted by Gasteiger charge is -2.26. The molecule has 1 heterocycles. The molecule has 2 unspecified atom stereocenters. The normalized spacial score (nSPS) is 21.9. The molecule has 2 atom stereocenters. The van der Waals surface area contributed by atoms with Gasteiger partial charge in [0, 0.05) is 25.2 Å². The molecule has 1 fully saturated rings. The minimum Gasteiger partial charge on any atom is -0.380 e. The molecule has 3 heteroatoms. The molecule has 1 aliphatic heterocycles. The fraction of sp³-hybridized carbons (Fsp3) is 0.571. The van der Waals surface area contributed by atoms with E-state index in [0.29, 0.717) is 6.04 Å². The zero-order chi connectivity index (χ0) is 12.1. The van der Waals surface area contributed by atoms with E-state index < -0.39 is 0 Å². The maximum Gasteiger partial charge on any atom is 0.0622 e. The summed E-state index contributed by atoms with van der Waals surface area (Å²) in [6.07, 6.45) is 2.08. The summed E-state index contributed by atoms with van der Waals surface area (Å²) in [5, 5.41) is 0. The lowest BCUT2D eigenvalue weighted by atomic mass is 10.1. The maximum absolute atomic E-state index is 6.19. The summed E-state index contributed by atoms with van der Waals surface area (Å²) >= 11 is 0. The Bertz CT molecular complexity index is 322. The van der Waals surface area contributed by atoms with Crippen molar-refractivity contribution in [3.05, 3.63) is 35.9 Å². The highest BCUT2D eigenvalue weighted by Crippen LogP contribution is 2.11. The van der Waals surface area contributed by atoms with Crippen molar-refractivity contribution in [2.45, 2.75) is 24.9 Å². The second-order valence-electron chi connectivity index (χ2n) is 4.91. The van der Waals surface area contributed by atoms with Crippen molar-refractivity contribution in [2.75, 3.05) is 26.8 Å². The Morgan fingerprint density at radius 3 is 2.82 bits per heavy atom. The van der Waals surface area contributed by atoms with Gasteiger partial charge in [-0.25, -0.2) is 0 Å². The summed E-state index contributed by atoms with van der Waals surface area (Å²) in [7, 11) is 2.14. The highest BCUT2D eigenvalue weighted by atomic mass is 16.5. The van der Waals surface area contributed by atoms with Gasteiger partial charge in [-0.05, 0) is 25.5 Å². The summed E-state index contributed by atoms with van der Waals surface area (Å²) in [6.45, 7) is 2.68. The van der Waals surface area contributed by atoms with Crippen LogP contribution >= 0.6 is 0 Å². The number of benzene rings is 1. The Hall–Kier alpha value is -0.900. The van der Waals surface area contributed by atoms with E-state index in [1.54, 1.807) is 0 Å². The summed E-state index contributed by atoms with van der Waals surface area (Å²) < 4.78 is 5.40. The second kappa shape index (κ2) is 6.15. The van der Waals surface area contributed by atoms with Crippen molar-refractivity contribution in [1.29, 1.82) is 0 Å². The van der Waals surface area contributed by atoms with Gasteiger partial charge in [0.25, 0.3) is 0 Å². The number of ether oxygens (including phenoxy) is 1. The van der Waals surface area contributed by atoms with Crippen LogP contribution in [0.4, 0.5) is 0 Å². The van der Waals surface area contributed by atoms with Crippen LogP contribution < -0.4 is 5.73 Å². The third-order valence-electron chi connectivity index (χ3n) is 3.39. The van der Waals surface area contributed by atoms with Gasteiger partial charge < -0.3 is 10.5 Å². The summed E-state index contributed by atoms with van der Waals surface area (Å²) in [4.78, 5) is 2.33. The molecule has 0 saturated carbocycles. The van der Waals surface area contributed by atoms with E-state index in [1.807, 2.05) is 6.07 Å². The molecule has 2 N–H and O–H groups in total. The fourth-order valence-corrected chi connectivity index (χ4v) is 2.37. The molecule has 0 spiro atoms. The number of hydrogen-bond acceptors (Lipinski definition) is 3. The average Bonchev–Trinajstić information content (AvgIpc) is 2.83. The monoisotopic (exact) mass is 234 g/mol. The quantitative estimate of drug-likeness (QED) is 0.834. The molecule has 1 saturated heterocycles. The zero-order valence-corrected chi connectivity index (χ0v) is 10.5. The molecule has 17 heavy (non-hydrogen) atoms. The number of hydrogen-bond donors (Lipinski definition) is 1. The third-order valence-corrected chi connectivity index (χ3v) is 3.39. The maximum atomic E-state index is 6.19. The van der Waals surface area contributed by atoms with Crippen LogP contribution in [0.5, 0.6) is 0 Å². The van der Waals surface area contributed by atoms with Crippen LogP contribution in [-0.4, -0.2) is 43.8 Å². The Morgan fingerprint density at radius 1 is 1.41 bits per heavy atom. The van der Waals surface area contributed by atoms with Gasteiger partial charge in [-0.15, -0.1) is 0 Å². The smallest absolute Gasteiger partial charge is 0.0622 e. The van der Waals surface area contributed by atoms with Gasteiger partial charge in [0.1, 0.15) is 0 Å². The number of rotatable bonds is 5. The van der Waals surface area contributed by atoms with Crippen LogP contribution in [0.15, 0.2) is 30.3 Å². The van der Waals surface area contributed by atoms with E-state index in [9.17, 15) is 0 Å². The van der Waals surface area contributed by atoms with E-state index in [2.05, 4.69) is 36.2 Å². The number of likely N-dealkylation sites (N-methyl/N-ethyl adjacent to an activating group) is 1. The van der Waals surface area contributed by atoms with E-state index in [0.717, 1.165) is 32.6 Å². The van der Waals surface area contributed by atoms with E-state index >= 15 is 0 Å². The Labute approximate surface area is 104 Å². The summed E-state index contributed by atoms with van der Waals surface area (Å²) in [5.41, 5.74) is 7.51. The highest BCUT2D eigenvalue weighted by Gasteiger charge is 2.21. The van der Waals surface area contributed by atoms with E-state index in [1.165, 1.54) is 5.56 Å². The predicted molar refractivity (Wildman–Crippen MR) is 70.0 cm³/mol. The molecule has 3 nitrogen and oxygen atoms in total. The highest BCUT2D eigenvalue weighted by molar-refractivity contribution is 5.15. The Kier molecular flexibility index (Phi) is 4.54. The average molecular weight is 234 g/mol. The van der Waals surface area contributed by atoms with Crippen molar-refractivity contribution >= 4 is 0 Å². The number of nitrogens with two attached hydrogens (primary N) is 1. The van der Waals surface area contributed by atoms with Gasteiger partial charge in [-0.3, -0.25) is 4.90 Å².